The van der Waals surface area contributed by atoms with Crippen molar-refractivity contribution in [2.24, 2.45) is 22.7 Å². The minimum atomic E-state index is -4.71. The third-order valence-electron chi connectivity index (χ3n) is 7.52. The molecule has 226 valence electrons. The first kappa shape index (κ1) is 31.2. The molecule has 0 radical (unpaired) electrons. The number of aliphatic carboxylic acids is 1. The van der Waals surface area contributed by atoms with Crippen LogP contribution in [0.4, 0.5) is 26.3 Å². The lowest BCUT2D eigenvalue weighted by Gasteiger charge is -2.25. The number of halogens is 6. The highest BCUT2D eigenvalue weighted by Crippen LogP contribution is 2.40. The van der Waals surface area contributed by atoms with Crippen LogP contribution in [-0.2, 0) is 33.6 Å². The van der Waals surface area contributed by atoms with E-state index in [1.54, 1.807) is 0 Å². The van der Waals surface area contributed by atoms with Crippen LogP contribution in [0.25, 0.3) is 0 Å². The molecule has 0 bridgehead atoms. The van der Waals surface area contributed by atoms with Gasteiger partial charge in [0.2, 0.25) is 5.91 Å². The number of alkyl halides is 6. The number of carboxylic acid groups (broad SMARTS) is 1. The highest BCUT2D eigenvalue weighted by Gasteiger charge is 2.42. The number of carboxylic acids is 1. The Hall–Kier alpha value is -3.74. The van der Waals surface area contributed by atoms with Crippen molar-refractivity contribution in [2.75, 3.05) is 0 Å². The van der Waals surface area contributed by atoms with Crippen molar-refractivity contribution >= 4 is 23.4 Å². The Morgan fingerprint density at radius 2 is 1.71 bits per heavy atom. The maximum Gasteiger partial charge on any atom is 0.416 e. The van der Waals surface area contributed by atoms with Crippen molar-refractivity contribution in [3.8, 4) is 0 Å². The van der Waals surface area contributed by atoms with Gasteiger partial charge >= 0.3 is 18.3 Å². The minimum Gasteiger partial charge on any atom is -0.481 e. The first-order chi connectivity index (χ1) is 19.7. The highest BCUT2D eigenvalue weighted by molar-refractivity contribution is 6.16. The molecule has 0 aromatic heterocycles. The Morgan fingerprint density at radius 3 is 2.31 bits per heavy atom. The number of carbonyl (C=O) groups excluding carboxylic acids is 2. The van der Waals surface area contributed by atoms with E-state index in [1.165, 1.54) is 24.3 Å². The lowest BCUT2D eigenvalue weighted by atomic mass is 9.83. The predicted molar refractivity (Wildman–Crippen MR) is 137 cm³/mol. The summed E-state index contributed by atoms with van der Waals surface area (Å²) in [5.74, 6) is -6.41. The van der Waals surface area contributed by atoms with E-state index >= 15 is 0 Å². The Morgan fingerprint density at radius 1 is 1.02 bits per heavy atom. The van der Waals surface area contributed by atoms with E-state index in [0.717, 1.165) is 18.2 Å². The fourth-order valence-electron chi connectivity index (χ4n) is 5.17. The van der Waals surface area contributed by atoms with Crippen molar-refractivity contribution in [3.63, 3.8) is 0 Å². The standard InChI is InChI=1S/C29H28F6N2O5/c30-28(31,32)10-9-20(22(27(41)42)11-15-7-8-15)26(40)37-25-23(39)13-21-17(14-38)4-2-6-19(21)24(36-25)16-3-1-5-18(12-16)29(33,34)35/h1-6,12,15,20,22,25,38H,7-11,13-14H2,(H,37,40)(H,41,42)/t20-,22+,25+/m1/s1. The fraction of sp³-hybridized carbons (Fsp3) is 0.448. The van der Waals surface area contributed by atoms with Gasteiger partial charge in [-0.25, -0.2) is 0 Å². The summed E-state index contributed by atoms with van der Waals surface area (Å²) in [6.45, 7) is -0.510. The van der Waals surface area contributed by atoms with Gasteiger partial charge in [0.15, 0.2) is 11.9 Å². The number of amides is 1. The van der Waals surface area contributed by atoms with E-state index in [4.69, 9.17) is 0 Å². The van der Waals surface area contributed by atoms with Crippen LogP contribution in [0, 0.1) is 17.8 Å². The van der Waals surface area contributed by atoms with Crippen molar-refractivity contribution in [1.82, 2.24) is 5.32 Å². The molecule has 4 rings (SSSR count). The zero-order valence-corrected chi connectivity index (χ0v) is 22.1. The summed E-state index contributed by atoms with van der Waals surface area (Å²) >= 11 is 0. The number of aliphatic hydroxyl groups excluding tert-OH is 1. The molecule has 0 spiro atoms. The molecule has 1 heterocycles. The summed E-state index contributed by atoms with van der Waals surface area (Å²) in [7, 11) is 0. The summed E-state index contributed by atoms with van der Waals surface area (Å²) < 4.78 is 79.9. The number of nitrogens with one attached hydrogen (secondary N) is 1. The van der Waals surface area contributed by atoms with E-state index in [2.05, 4.69) is 10.3 Å². The van der Waals surface area contributed by atoms with E-state index in [9.17, 15) is 50.9 Å². The molecule has 2 aliphatic rings. The molecule has 2 aromatic carbocycles. The molecule has 42 heavy (non-hydrogen) atoms. The monoisotopic (exact) mass is 598 g/mol. The number of rotatable bonds is 10. The summed E-state index contributed by atoms with van der Waals surface area (Å²) in [5.41, 5.74) is -0.371. The van der Waals surface area contributed by atoms with Crippen LogP contribution < -0.4 is 5.32 Å². The largest absolute Gasteiger partial charge is 0.481 e. The van der Waals surface area contributed by atoms with Gasteiger partial charge in [-0.3, -0.25) is 19.4 Å². The molecular weight excluding hydrogens is 570 g/mol. The molecule has 7 nitrogen and oxygen atoms in total. The van der Waals surface area contributed by atoms with Gasteiger partial charge in [-0.15, -0.1) is 0 Å². The Labute approximate surface area is 236 Å². The number of nitrogens with zero attached hydrogens (tertiary/aromatic N) is 1. The fourth-order valence-corrected chi connectivity index (χ4v) is 5.17. The molecule has 2 aromatic rings. The number of aliphatic imine (C=N–C) groups is 1. The number of ketones is 1. The zero-order chi connectivity index (χ0) is 30.8. The van der Waals surface area contributed by atoms with Crippen LogP contribution in [0.5, 0.6) is 0 Å². The maximum absolute atomic E-state index is 13.5. The molecule has 1 fully saturated rings. The molecule has 3 N–H and O–H groups in total. The normalized spacial score (nSPS) is 18.9. The lowest BCUT2D eigenvalue weighted by molar-refractivity contribution is -0.154. The first-order valence-corrected chi connectivity index (χ1v) is 13.3. The zero-order valence-electron chi connectivity index (χ0n) is 22.1. The highest BCUT2D eigenvalue weighted by atomic mass is 19.4. The van der Waals surface area contributed by atoms with Gasteiger partial charge in [-0.1, -0.05) is 43.2 Å². The molecule has 13 heteroatoms. The molecule has 1 saturated carbocycles. The molecule has 1 amide bonds. The van der Waals surface area contributed by atoms with Gasteiger partial charge in [-0.05, 0) is 42.0 Å². The van der Waals surface area contributed by atoms with E-state index in [-0.39, 0.29) is 34.7 Å². The van der Waals surface area contributed by atoms with Crippen LogP contribution in [0.2, 0.25) is 0 Å². The second-order valence-electron chi connectivity index (χ2n) is 10.6. The quantitative estimate of drug-likeness (QED) is 0.331. The maximum atomic E-state index is 13.5. The van der Waals surface area contributed by atoms with Crippen LogP contribution >= 0.6 is 0 Å². The number of carbonyl (C=O) groups is 3. The van der Waals surface area contributed by atoms with Gasteiger partial charge in [0.05, 0.1) is 29.7 Å². The molecule has 1 aliphatic carbocycles. The average molecular weight is 599 g/mol. The van der Waals surface area contributed by atoms with Crippen LogP contribution in [0.1, 0.15) is 59.9 Å². The molecule has 1 aliphatic heterocycles. The van der Waals surface area contributed by atoms with Crippen molar-refractivity contribution in [3.05, 3.63) is 70.3 Å². The van der Waals surface area contributed by atoms with Crippen molar-refractivity contribution in [1.29, 1.82) is 0 Å². The number of Topliss-reactive ketones (excluding diaryl/α,β-unsaturated/α-hetero) is 1. The molecule has 3 atom stereocenters. The van der Waals surface area contributed by atoms with Crippen molar-refractivity contribution < 1.29 is 50.9 Å². The average Bonchev–Trinajstić information content (AvgIpc) is 3.74. The van der Waals surface area contributed by atoms with Crippen LogP contribution in [0.3, 0.4) is 0 Å². The topological polar surface area (TPSA) is 116 Å². The van der Waals surface area contributed by atoms with Gasteiger partial charge < -0.3 is 15.5 Å². The first-order valence-electron chi connectivity index (χ1n) is 13.3. The second-order valence-corrected chi connectivity index (χ2v) is 10.6. The van der Waals surface area contributed by atoms with E-state index < -0.39 is 79.4 Å². The number of hydrogen-bond acceptors (Lipinski definition) is 5. The second kappa shape index (κ2) is 12.2. The number of benzene rings is 2. The molecule has 0 saturated heterocycles. The van der Waals surface area contributed by atoms with Crippen LogP contribution in [0.15, 0.2) is 47.5 Å². The van der Waals surface area contributed by atoms with Crippen molar-refractivity contribution in [2.45, 2.75) is 63.7 Å². The minimum absolute atomic E-state index is 0.00601. The lowest BCUT2D eigenvalue weighted by Crippen LogP contribution is -2.46. The molecule has 0 unspecified atom stereocenters. The summed E-state index contributed by atoms with van der Waals surface area (Å²) in [5, 5.41) is 21.9. The third-order valence-corrected chi connectivity index (χ3v) is 7.52. The van der Waals surface area contributed by atoms with E-state index in [0.29, 0.717) is 18.4 Å². The summed E-state index contributed by atoms with van der Waals surface area (Å²) in [6.07, 6.45) is -12.4. The summed E-state index contributed by atoms with van der Waals surface area (Å²) in [6, 6.07) is 8.63. The number of hydrogen-bond donors (Lipinski definition) is 3. The van der Waals surface area contributed by atoms with Gasteiger partial charge in [0.1, 0.15) is 0 Å². The van der Waals surface area contributed by atoms with Gasteiger partial charge in [0.25, 0.3) is 0 Å². The number of fused-ring (bicyclic) bond motifs is 1. The van der Waals surface area contributed by atoms with E-state index in [1.807, 2.05) is 0 Å². The SMILES string of the molecule is O=C(O)[C@@H](CC1CC1)[C@@H](CCC(F)(F)F)C(=O)N[C@@H]1N=C(c2cccc(C(F)(F)F)c2)c2cccc(CO)c2CC1=O. The predicted octanol–water partition coefficient (Wildman–Crippen LogP) is 5.06. The number of aliphatic hydroxyl groups is 1. The molecular formula is C29H28F6N2O5. The van der Waals surface area contributed by atoms with Gasteiger partial charge in [0, 0.05) is 24.0 Å². The third kappa shape index (κ3) is 7.55. The smallest absolute Gasteiger partial charge is 0.416 e. The Kier molecular flexibility index (Phi) is 9.09. The van der Waals surface area contributed by atoms with Gasteiger partial charge in [-0.2, -0.15) is 26.3 Å². The summed E-state index contributed by atoms with van der Waals surface area (Å²) in [4.78, 5) is 43.1. The van der Waals surface area contributed by atoms with Crippen LogP contribution in [-0.4, -0.2) is 45.9 Å². The Bertz CT molecular complexity index is 1380. The Balaban J connectivity index is 1.75.